The lowest BCUT2D eigenvalue weighted by atomic mass is 9.86. The van der Waals surface area contributed by atoms with Crippen molar-refractivity contribution in [3.05, 3.63) is 47.2 Å². The van der Waals surface area contributed by atoms with Crippen molar-refractivity contribution < 1.29 is 24.5 Å². The van der Waals surface area contributed by atoms with Gasteiger partial charge in [-0.25, -0.2) is 0 Å². The molecule has 0 bridgehead atoms. The van der Waals surface area contributed by atoms with E-state index in [1.807, 2.05) is 25.1 Å². The number of aliphatic hydroxyl groups is 2. The predicted octanol–water partition coefficient (Wildman–Crippen LogP) is 5.49. The summed E-state index contributed by atoms with van der Waals surface area (Å²) in [6, 6.07) is 8.15. The Morgan fingerprint density at radius 2 is 1.66 bits per heavy atom. The van der Waals surface area contributed by atoms with Gasteiger partial charge in [0.25, 0.3) is 0 Å². The highest BCUT2D eigenvalue weighted by Crippen LogP contribution is 2.30. The highest BCUT2D eigenvalue weighted by Gasteiger charge is 2.30. The molecule has 180 valence electrons. The first-order valence-electron chi connectivity index (χ1n) is 12.2. The Hall–Kier alpha value is -1.85. The van der Waals surface area contributed by atoms with Crippen LogP contribution in [0.15, 0.2) is 36.1 Å². The molecule has 2 saturated carbocycles. The number of carbonyl (C=O) groups is 1. The minimum Gasteiger partial charge on any atom is -0.501 e. The largest absolute Gasteiger partial charge is 0.501 e. The first-order chi connectivity index (χ1) is 15.3. The van der Waals surface area contributed by atoms with Crippen molar-refractivity contribution in [2.75, 3.05) is 7.11 Å². The molecule has 0 aromatic heterocycles. The van der Waals surface area contributed by atoms with Gasteiger partial charge >= 0.3 is 5.97 Å². The Morgan fingerprint density at radius 3 is 2.19 bits per heavy atom. The van der Waals surface area contributed by atoms with Gasteiger partial charge in [0, 0.05) is 5.92 Å². The van der Waals surface area contributed by atoms with Crippen molar-refractivity contribution in [2.24, 2.45) is 11.8 Å². The van der Waals surface area contributed by atoms with Crippen LogP contribution < -0.4 is 0 Å². The van der Waals surface area contributed by atoms with Crippen molar-refractivity contribution in [3.63, 3.8) is 0 Å². The van der Waals surface area contributed by atoms with Crippen LogP contribution in [0.2, 0.25) is 0 Å². The molecule has 2 aliphatic carbocycles. The Kier molecular flexibility index (Phi) is 11.3. The van der Waals surface area contributed by atoms with Crippen molar-refractivity contribution >= 4 is 5.97 Å². The number of hydrogen-bond donors (Lipinski definition) is 2. The summed E-state index contributed by atoms with van der Waals surface area (Å²) in [5.74, 6) is 1.54. The predicted molar refractivity (Wildman–Crippen MR) is 127 cm³/mol. The highest BCUT2D eigenvalue weighted by atomic mass is 16.5. The van der Waals surface area contributed by atoms with E-state index >= 15 is 0 Å². The number of esters is 1. The summed E-state index contributed by atoms with van der Waals surface area (Å²) < 4.78 is 10.6. The molecule has 1 aromatic carbocycles. The molecule has 2 aliphatic rings. The molecule has 0 saturated heterocycles. The van der Waals surface area contributed by atoms with Gasteiger partial charge in [-0.15, -0.1) is 0 Å². The Labute approximate surface area is 193 Å². The fourth-order valence-electron chi connectivity index (χ4n) is 4.53. The van der Waals surface area contributed by atoms with E-state index in [-0.39, 0.29) is 18.0 Å². The third kappa shape index (κ3) is 8.25. The normalized spacial score (nSPS) is 26.2. The van der Waals surface area contributed by atoms with Crippen LogP contribution in [0.3, 0.4) is 0 Å². The van der Waals surface area contributed by atoms with Crippen molar-refractivity contribution in [1.29, 1.82) is 0 Å². The fourth-order valence-corrected chi connectivity index (χ4v) is 4.53. The molecule has 2 N–H and O–H groups in total. The molecule has 0 amide bonds. The number of allylic oxidation sites excluding steroid dienone is 2. The molecule has 2 fully saturated rings. The molecule has 2 atom stereocenters. The van der Waals surface area contributed by atoms with Crippen LogP contribution in [0.4, 0.5) is 0 Å². The monoisotopic (exact) mass is 446 g/mol. The average molecular weight is 447 g/mol. The molecule has 0 heterocycles. The standard InChI is InChI=1S/C17H24O3.C10H18O2/c1-12(2)14-9-7-13(8-10-14)11-20-17(19)15-5-3-4-6-16(15)18;1-3-10(12-2)8-4-6-9(11)7-5-8/h7-10,12,15-16,18H,3-6,11H2,1-2H3;3,8-9,11H,4-7H2,1-2H3/b;10-3-. The van der Waals surface area contributed by atoms with E-state index in [4.69, 9.17) is 9.47 Å². The zero-order chi connectivity index (χ0) is 23.5. The summed E-state index contributed by atoms with van der Waals surface area (Å²) in [6.45, 7) is 6.60. The Bertz CT molecular complexity index is 701. The summed E-state index contributed by atoms with van der Waals surface area (Å²) in [6.07, 6.45) is 8.86. The molecule has 5 heteroatoms. The lowest BCUT2D eigenvalue weighted by Crippen LogP contribution is -2.32. The minimum atomic E-state index is -0.528. The number of ether oxygens (including phenoxy) is 2. The molecule has 32 heavy (non-hydrogen) atoms. The molecule has 5 nitrogen and oxygen atoms in total. The lowest BCUT2D eigenvalue weighted by molar-refractivity contribution is -0.155. The second kappa shape index (κ2) is 13.6. The fraction of sp³-hybridized carbons (Fsp3) is 0.667. The molecule has 0 radical (unpaired) electrons. The van der Waals surface area contributed by atoms with Crippen LogP contribution in [0.5, 0.6) is 0 Å². The quantitative estimate of drug-likeness (QED) is 0.446. The lowest BCUT2D eigenvalue weighted by Gasteiger charge is -2.26. The molecular weight excluding hydrogens is 404 g/mol. The molecular formula is C27H42O5. The number of benzene rings is 1. The number of rotatable bonds is 6. The van der Waals surface area contributed by atoms with Gasteiger partial charge in [0.1, 0.15) is 6.61 Å². The zero-order valence-corrected chi connectivity index (χ0v) is 20.3. The van der Waals surface area contributed by atoms with Gasteiger partial charge in [0.05, 0.1) is 31.0 Å². The molecule has 0 aliphatic heterocycles. The molecule has 3 rings (SSSR count). The van der Waals surface area contributed by atoms with Gasteiger partial charge in [-0.3, -0.25) is 4.79 Å². The Balaban J connectivity index is 0.000000258. The van der Waals surface area contributed by atoms with E-state index in [1.54, 1.807) is 7.11 Å². The number of hydrogen-bond acceptors (Lipinski definition) is 5. The van der Waals surface area contributed by atoms with E-state index in [0.717, 1.165) is 56.3 Å². The third-order valence-corrected chi connectivity index (χ3v) is 6.68. The molecule has 1 aromatic rings. The smallest absolute Gasteiger partial charge is 0.311 e. The van der Waals surface area contributed by atoms with Crippen LogP contribution in [-0.2, 0) is 20.9 Å². The summed E-state index contributed by atoms with van der Waals surface area (Å²) >= 11 is 0. The zero-order valence-electron chi connectivity index (χ0n) is 20.3. The van der Waals surface area contributed by atoms with Crippen LogP contribution in [0.1, 0.15) is 89.2 Å². The van der Waals surface area contributed by atoms with Gasteiger partial charge < -0.3 is 19.7 Å². The highest BCUT2D eigenvalue weighted by molar-refractivity contribution is 5.73. The summed E-state index contributed by atoms with van der Waals surface area (Å²) in [5, 5.41) is 19.1. The maximum atomic E-state index is 12.0. The van der Waals surface area contributed by atoms with E-state index in [2.05, 4.69) is 26.0 Å². The maximum absolute atomic E-state index is 12.0. The molecule has 0 spiro atoms. The van der Waals surface area contributed by atoms with Crippen LogP contribution in [0.25, 0.3) is 0 Å². The second-order valence-corrected chi connectivity index (χ2v) is 9.36. The van der Waals surface area contributed by atoms with Crippen LogP contribution in [-0.4, -0.2) is 35.5 Å². The third-order valence-electron chi connectivity index (χ3n) is 6.68. The first-order valence-corrected chi connectivity index (χ1v) is 12.2. The number of methoxy groups -OCH3 is 1. The van der Waals surface area contributed by atoms with E-state index < -0.39 is 6.10 Å². The van der Waals surface area contributed by atoms with Crippen molar-refractivity contribution in [1.82, 2.24) is 0 Å². The van der Waals surface area contributed by atoms with Crippen LogP contribution >= 0.6 is 0 Å². The SMILES string of the molecule is C/C=C(\OC)C1CCC(O)CC1.CC(C)c1ccc(COC(=O)C2CCCCC2O)cc1. The average Bonchev–Trinajstić information content (AvgIpc) is 2.80. The summed E-state index contributed by atoms with van der Waals surface area (Å²) in [4.78, 5) is 12.0. The second-order valence-electron chi connectivity index (χ2n) is 9.36. The van der Waals surface area contributed by atoms with Gasteiger partial charge in [-0.1, -0.05) is 51.0 Å². The van der Waals surface area contributed by atoms with Crippen molar-refractivity contribution in [3.8, 4) is 0 Å². The topological polar surface area (TPSA) is 76.0 Å². The van der Waals surface area contributed by atoms with Gasteiger partial charge in [-0.05, 0) is 68.6 Å². The van der Waals surface area contributed by atoms with Crippen LogP contribution in [0, 0.1) is 11.8 Å². The first kappa shape index (κ1) is 26.4. The Morgan fingerprint density at radius 1 is 1.03 bits per heavy atom. The van der Waals surface area contributed by atoms with E-state index in [0.29, 0.717) is 24.9 Å². The number of aliphatic hydroxyl groups excluding tert-OH is 2. The summed E-state index contributed by atoms with van der Waals surface area (Å²) in [5.41, 5.74) is 2.27. The van der Waals surface area contributed by atoms with E-state index in [1.165, 1.54) is 5.56 Å². The van der Waals surface area contributed by atoms with Crippen molar-refractivity contribution in [2.45, 2.75) is 96.9 Å². The van der Waals surface area contributed by atoms with Gasteiger partial charge in [0.15, 0.2) is 0 Å². The van der Waals surface area contributed by atoms with Gasteiger partial charge in [0.2, 0.25) is 0 Å². The van der Waals surface area contributed by atoms with E-state index in [9.17, 15) is 15.0 Å². The number of carbonyl (C=O) groups excluding carboxylic acids is 1. The summed E-state index contributed by atoms with van der Waals surface area (Å²) in [7, 11) is 1.72. The maximum Gasteiger partial charge on any atom is 0.311 e. The van der Waals surface area contributed by atoms with Gasteiger partial charge in [-0.2, -0.15) is 0 Å². The molecule has 2 unspecified atom stereocenters. The minimum absolute atomic E-state index is 0.0730.